The zero-order chi connectivity index (χ0) is 24.6. The lowest BCUT2D eigenvalue weighted by Crippen LogP contribution is -2.38. The highest BCUT2D eigenvalue weighted by atomic mass is 16.2. The minimum Gasteiger partial charge on any atom is -0.378 e. The van der Waals surface area contributed by atoms with E-state index in [0.717, 1.165) is 46.7 Å². The van der Waals surface area contributed by atoms with Crippen molar-refractivity contribution in [3.05, 3.63) is 113 Å². The summed E-state index contributed by atoms with van der Waals surface area (Å²) in [5.41, 5.74) is 9.19. The molecule has 5 heteroatoms. The van der Waals surface area contributed by atoms with Crippen LogP contribution in [0.3, 0.4) is 0 Å². The molecular formula is C31H32N4O. The summed E-state index contributed by atoms with van der Waals surface area (Å²) >= 11 is 0. The molecule has 1 N–H and O–H groups in total. The first-order chi connectivity index (χ1) is 17.6. The van der Waals surface area contributed by atoms with Crippen molar-refractivity contribution in [2.24, 2.45) is 0 Å². The molecule has 36 heavy (non-hydrogen) atoms. The second kappa shape index (κ2) is 9.23. The van der Waals surface area contributed by atoms with Crippen molar-refractivity contribution in [3.8, 4) is 5.69 Å². The van der Waals surface area contributed by atoms with Crippen molar-refractivity contribution >= 4 is 17.4 Å². The summed E-state index contributed by atoms with van der Waals surface area (Å²) in [6, 6.07) is 27.2. The van der Waals surface area contributed by atoms with E-state index in [-0.39, 0.29) is 12.1 Å². The van der Waals surface area contributed by atoms with Gasteiger partial charge in [0.05, 0.1) is 18.3 Å². The summed E-state index contributed by atoms with van der Waals surface area (Å²) < 4.78 is 2.23. The Labute approximate surface area is 213 Å². The molecular weight excluding hydrogens is 444 g/mol. The number of rotatable bonds is 3. The van der Waals surface area contributed by atoms with Crippen LogP contribution >= 0.6 is 0 Å². The van der Waals surface area contributed by atoms with Crippen LogP contribution in [0.2, 0.25) is 0 Å². The van der Waals surface area contributed by atoms with Crippen LogP contribution in [0.4, 0.5) is 16.2 Å². The Kier molecular flexibility index (Phi) is 5.76. The van der Waals surface area contributed by atoms with E-state index < -0.39 is 0 Å². The van der Waals surface area contributed by atoms with Gasteiger partial charge < -0.3 is 19.7 Å². The molecule has 182 valence electrons. The molecule has 6 rings (SSSR count). The van der Waals surface area contributed by atoms with E-state index in [0.29, 0.717) is 6.54 Å². The maximum absolute atomic E-state index is 14.1. The Hall–Kier alpha value is -3.99. The number of carbonyl (C=O) groups excluding carboxylic acids is 1. The topological polar surface area (TPSA) is 40.5 Å². The molecule has 0 fully saturated rings. The molecule has 0 saturated heterocycles. The summed E-state index contributed by atoms with van der Waals surface area (Å²) in [4.78, 5) is 18.2. The van der Waals surface area contributed by atoms with E-state index in [1.54, 1.807) is 0 Å². The van der Waals surface area contributed by atoms with E-state index in [1.807, 2.05) is 19.0 Å². The van der Waals surface area contributed by atoms with Gasteiger partial charge in [0.15, 0.2) is 0 Å². The predicted molar refractivity (Wildman–Crippen MR) is 146 cm³/mol. The number of amides is 2. The van der Waals surface area contributed by atoms with Crippen molar-refractivity contribution in [1.82, 2.24) is 9.47 Å². The Morgan fingerprint density at radius 2 is 1.64 bits per heavy atom. The fraction of sp³-hybridized carbons (Fsp3) is 0.258. The zero-order valence-electron chi connectivity index (χ0n) is 20.9. The summed E-state index contributed by atoms with van der Waals surface area (Å²) in [5.74, 6) is 0. The number of para-hydroxylation sites is 1. The summed E-state index contributed by atoms with van der Waals surface area (Å²) in [7, 11) is 4.09. The molecule has 2 aliphatic rings. The van der Waals surface area contributed by atoms with Gasteiger partial charge in [-0.3, -0.25) is 0 Å². The lowest BCUT2D eigenvalue weighted by atomic mass is 9.90. The van der Waals surface area contributed by atoms with Gasteiger partial charge in [-0.25, -0.2) is 4.79 Å². The number of carbonyl (C=O) groups is 1. The average molecular weight is 477 g/mol. The van der Waals surface area contributed by atoms with Crippen LogP contribution in [0.5, 0.6) is 0 Å². The number of benzene rings is 3. The molecule has 2 amide bonds. The molecule has 0 radical (unpaired) electrons. The van der Waals surface area contributed by atoms with Gasteiger partial charge in [-0.1, -0.05) is 42.5 Å². The normalized spacial score (nSPS) is 16.4. The van der Waals surface area contributed by atoms with Gasteiger partial charge in [-0.05, 0) is 84.3 Å². The Morgan fingerprint density at radius 1 is 0.861 bits per heavy atom. The third-order valence-corrected chi connectivity index (χ3v) is 7.59. The monoisotopic (exact) mass is 476 g/mol. The first-order valence-electron chi connectivity index (χ1n) is 12.8. The number of aryl methyl sites for hydroxylation is 1. The van der Waals surface area contributed by atoms with Crippen molar-refractivity contribution in [2.75, 3.05) is 24.3 Å². The highest BCUT2D eigenvalue weighted by Gasteiger charge is 2.33. The fourth-order valence-corrected chi connectivity index (χ4v) is 5.73. The smallest absolute Gasteiger partial charge is 0.322 e. The fourth-order valence-electron chi connectivity index (χ4n) is 5.73. The van der Waals surface area contributed by atoms with Gasteiger partial charge >= 0.3 is 6.03 Å². The second-order valence-corrected chi connectivity index (χ2v) is 10.0. The first kappa shape index (κ1) is 22.5. The van der Waals surface area contributed by atoms with Gasteiger partial charge in [0.25, 0.3) is 0 Å². The maximum Gasteiger partial charge on any atom is 0.322 e. The van der Waals surface area contributed by atoms with Crippen molar-refractivity contribution in [1.29, 1.82) is 0 Å². The van der Waals surface area contributed by atoms with Crippen molar-refractivity contribution < 1.29 is 4.79 Å². The number of nitrogens with one attached hydrogen (secondary N) is 1. The SMILES string of the molecule is CN(C)c1ccc([C@@H]2c3cccn3-c3ccccc3CN2C(=O)Nc2cccc3c2CCCC3)cc1. The standard InChI is InChI=1S/C31H32N4O/c1-33(2)25-18-16-23(17-19-25)30-29-15-8-20-34(29)28-14-6-4-10-24(28)21-35(30)31(36)32-27-13-7-11-22-9-3-5-12-26(22)27/h4,6-8,10-11,13-20,30H,3,5,9,12,21H2,1-2H3,(H,32,36)/t30-/m1/s1. The predicted octanol–water partition coefficient (Wildman–Crippen LogP) is 6.56. The molecule has 0 spiro atoms. The molecule has 3 aromatic carbocycles. The Balaban J connectivity index is 1.44. The van der Waals surface area contributed by atoms with E-state index in [2.05, 4.69) is 99.8 Å². The molecule has 5 nitrogen and oxygen atoms in total. The van der Waals surface area contributed by atoms with Crippen LogP contribution in [0.25, 0.3) is 5.69 Å². The lowest BCUT2D eigenvalue weighted by Gasteiger charge is -2.32. The molecule has 4 aromatic rings. The van der Waals surface area contributed by atoms with Crippen LogP contribution in [0, 0.1) is 0 Å². The molecule has 0 saturated carbocycles. The van der Waals surface area contributed by atoms with E-state index in [9.17, 15) is 4.79 Å². The van der Waals surface area contributed by atoms with Crippen LogP contribution in [-0.2, 0) is 19.4 Å². The molecule has 0 unspecified atom stereocenters. The van der Waals surface area contributed by atoms with E-state index >= 15 is 0 Å². The molecule has 1 atom stereocenters. The quantitative estimate of drug-likeness (QED) is 0.364. The van der Waals surface area contributed by atoms with Crippen molar-refractivity contribution in [3.63, 3.8) is 0 Å². The van der Waals surface area contributed by atoms with Crippen LogP contribution in [0.1, 0.15) is 46.8 Å². The van der Waals surface area contributed by atoms with Crippen LogP contribution in [-0.4, -0.2) is 29.6 Å². The third-order valence-electron chi connectivity index (χ3n) is 7.59. The molecule has 1 aliphatic carbocycles. The number of urea groups is 1. The Morgan fingerprint density at radius 3 is 2.47 bits per heavy atom. The summed E-state index contributed by atoms with van der Waals surface area (Å²) in [5, 5.41) is 3.32. The second-order valence-electron chi connectivity index (χ2n) is 10.0. The number of hydrogen-bond acceptors (Lipinski definition) is 2. The summed E-state index contributed by atoms with van der Waals surface area (Å²) in [6.07, 6.45) is 6.60. The summed E-state index contributed by atoms with van der Waals surface area (Å²) in [6.45, 7) is 0.527. The van der Waals surface area contributed by atoms with Crippen LogP contribution < -0.4 is 10.2 Å². The van der Waals surface area contributed by atoms with Gasteiger partial charge in [-0.2, -0.15) is 0 Å². The van der Waals surface area contributed by atoms with E-state index in [4.69, 9.17) is 0 Å². The van der Waals surface area contributed by atoms with Gasteiger partial charge in [-0.15, -0.1) is 0 Å². The van der Waals surface area contributed by atoms with Gasteiger partial charge in [0, 0.05) is 37.4 Å². The molecule has 1 aromatic heterocycles. The average Bonchev–Trinajstić information content (AvgIpc) is 3.33. The highest BCUT2D eigenvalue weighted by molar-refractivity contribution is 5.91. The molecule has 0 bridgehead atoms. The Bertz CT molecular complexity index is 1400. The number of hydrogen-bond donors (Lipinski definition) is 1. The number of anilines is 2. The minimum atomic E-state index is -0.219. The largest absolute Gasteiger partial charge is 0.378 e. The van der Waals surface area contributed by atoms with Crippen molar-refractivity contribution in [2.45, 2.75) is 38.3 Å². The lowest BCUT2D eigenvalue weighted by molar-refractivity contribution is 0.194. The minimum absolute atomic E-state index is 0.0693. The van der Waals surface area contributed by atoms with Gasteiger partial charge in [0.2, 0.25) is 0 Å². The maximum atomic E-state index is 14.1. The molecule has 2 heterocycles. The van der Waals surface area contributed by atoms with Crippen LogP contribution in [0.15, 0.2) is 85.1 Å². The third kappa shape index (κ3) is 3.95. The first-order valence-corrected chi connectivity index (χ1v) is 12.8. The number of aromatic nitrogens is 1. The van der Waals surface area contributed by atoms with Gasteiger partial charge in [0.1, 0.15) is 0 Å². The van der Waals surface area contributed by atoms with E-state index in [1.165, 1.54) is 24.0 Å². The number of fused-ring (bicyclic) bond motifs is 4. The molecule has 1 aliphatic heterocycles. The zero-order valence-corrected chi connectivity index (χ0v) is 20.9. The number of nitrogens with zero attached hydrogens (tertiary/aromatic N) is 3. The highest BCUT2D eigenvalue weighted by Crippen LogP contribution is 2.38.